The van der Waals surface area contributed by atoms with Crippen molar-refractivity contribution >= 4 is 29.0 Å². The van der Waals surface area contributed by atoms with Crippen LogP contribution in [0.2, 0.25) is 0 Å². The van der Waals surface area contributed by atoms with Crippen LogP contribution in [0, 0.1) is 13.8 Å². The number of halogens is 1. The lowest BCUT2D eigenvalue weighted by atomic mass is 10.1. The minimum absolute atomic E-state index is 0. The average molecular weight is 417 g/mol. The maximum Gasteiger partial charge on any atom is 0.128 e. The van der Waals surface area contributed by atoms with Crippen molar-refractivity contribution in [3.05, 3.63) is 95.2 Å². The molecule has 30 heavy (non-hydrogen) atoms. The number of rotatable bonds is 4. The number of benzene rings is 3. The molecule has 4 aromatic rings. The molecule has 5 rings (SSSR count). The highest BCUT2D eigenvalue weighted by Crippen LogP contribution is 2.39. The first kappa shape index (κ1) is 20.2. The minimum Gasteiger partial charge on any atom is -0.457 e. The fraction of sp³-hybridized carbons (Fsp3) is 0.192. The highest BCUT2D eigenvalue weighted by atomic mass is 35.5. The van der Waals surface area contributed by atoms with E-state index in [9.17, 15) is 0 Å². The quantitative estimate of drug-likeness (QED) is 0.373. The average Bonchev–Trinajstić information content (AvgIpc) is 3.16. The fourth-order valence-corrected chi connectivity index (χ4v) is 4.24. The van der Waals surface area contributed by atoms with E-state index in [0.29, 0.717) is 0 Å². The maximum absolute atomic E-state index is 6.10. The van der Waals surface area contributed by atoms with E-state index in [0.717, 1.165) is 42.2 Å². The number of para-hydroxylation sites is 1. The van der Waals surface area contributed by atoms with E-state index in [-0.39, 0.29) is 12.4 Å². The largest absolute Gasteiger partial charge is 0.457 e. The molecule has 0 atom stereocenters. The molecule has 0 saturated carbocycles. The third-order valence-electron chi connectivity index (χ3n) is 5.78. The highest BCUT2D eigenvalue weighted by molar-refractivity contribution is 5.96. The van der Waals surface area contributed by atoms with Crippen LogP contribution in [-0.4, -0.2) is 11.5 Å². The Hall–Kier alpha value is -3.04. The number of nitrogens with zero attached hydrogens (tertiary/aromatic N) is 2. The summed E-state index contributed by atoms with van der Waals surface area (Å²) < 4.78 is 6.10. The molecule has 0 N–H and O–H groups in total. The summed E-state index contributed by atoms with van der Waals surface area (Å²) in [6, 6.07) is 24.8. The standard InChI is InChI=1S/C26H24N2O.ClH/c1-18-8-6-7-9-20(18)17-28-15-14-23-19(2)27-25-13-12-22(16-24(25)26(23)28)29-21-10-4-3-5-11-21;/h3-13,16H,14-15,17H2,1-2H3;1H. The van der Waals surface area contributed by atoms with Gasteiger partial charge in [0.05, 0.1) is 11.2 Å². The van der Waals surface area contributed by atoms with Crippen molar-refractivity contribution in [3.63, 3.8) is 0 Å². The second-order valence-corrected chi connectivity index (χ2v) is 7.72. The molecule has 0 amide bonds. The van der Waals surface area contributed by atoms with Gasteiger partial charge in [0, 0.05) is 24.2 Å². The van der Waals surface area contributed by atoms with Crippen LogP contribution in [0.3, 0.4) is 0 Å². The molecule has 0 aliphatic carbocycles. The molecule has 152 valence electrons. The van der Waals surface area contributed by atoms with Crippen LogP contribution in [0.4, 0.5) is 5.69 Å². The Labute approximate surface area is 183 Å². The first-order valence-electron chi connectivity index (χ1n) is 10.1. The van der Waals surface area contributed by atoms with Gasteiger partial charge < -0.3 is 9.64 Å². The first-order chi connectivity index (χ1) is 14.2. The Bertz CT molecular complexity index is 1190. The van der Waals surface area contributed by atoms with E-state index in [1.165, 1.54) is 27.8 Å². The van der Waals surface area contributed by atoms with Gasteiger partial charge in [0.2, 0.25) is 0 Å². The Morgan fingerprint density at radius 1 is 0.900 bits per heavy atom. The van der Waals surface area contributed by atoms with Crippen molar-refractivity contribution in [3.8, 4) is 11.5 Å². The topological polar surface area (TPSA) is 25.4 Å². The van der Waals surface area contributed by atoms with Crippen LogP contribution in [0.15, 0.2) is 72.8 Å². The number of ether oxygens (including phenoxy) is 1. The smallest absolute Gasteiger partial charge is 0.128 e. The number of anilines is 1. The van der Waals surface area contributed by atoms with Gasteiger partial charge in [0.1, 0.15) is 11.5 Å². The van der Waals surface area contributed by atoms with Gasteiger partial charge >= 0.3 is 0 Å². The summed E-state index contributed by atoms with van der Waals surface area (Å²) >= 11 is 0. The zero-order chi connectivity index (χ0) is 19.8. The molecule has 0 bridgehead atoms. The van der Waals surface area contributed by atoms with E-state index in [2.05, 4.69) is 55.1 Å². The number of pyridine rings is 1. The van der Waals surface area contributed by atoms with Gasteiger partial charge in [-0.05, 0) is 67.3 Å². The molecule has 0 fully saturated rings. The number of hydrogen-bond acceptors (Lipinski definition) is 3. The van der Waals surface area contributed by atoms with Crippen molar-refractivity contribution in [2.75, 3.05) is 11.4 Å². The molecule has 0 radical (unpaired) electrons. The van der Waals surface area contributed by atoms with Gasteiger partial charge in [-0.15, -0.1) is 12.4 Å². The lowest BCUT2D eigenvalue weighted by Crippen LogP contribution is -2.20. The van der Waals surface area contributed by atoms with Crippen LogP contribution in [0.5, 0.6) is 11.5 Å². The van der Waals surface area contributed by atoms with Crippen LogP contribution in [-0.2, 0) is 13.0 Å². The minimum atomic E-state index is 0. The van der Waals surface area contributed by atoms with Crippen molar-refractivity contribution in [1.82, 2.24) is 4.98 Å². The lowest BCUT2D eigenvalue weighted by Gasteiger charge is -2.23. The van der Waals surface area contributed by atoms with Gasteiger partial charge in [-0.1, -0.05) is 42.5 Å². The molecular weight excluding hydrogens is 392 g/mol. The third-order valence-corrected chi connectivity index (χ3v) is 5.78. The second kappa shape index (κ2) is 8.37. The SMILES string of the molecule is Cc1ccccc1CN1CCc2c(C)nc3ccc(Oc4ccccc4)cc3c21.Cl. The van der Waals surface area contributed by atoms with E-state index >= 15 is 0 Å². The van der Waals surface area contributed by atoms with Crippen LogP contribution >= 0.6 is 12.4 Å². The maximum atomic E-state index is 6.10. The number of aryl methyl sites for hydroxylation is 2. The third kappa shape index (κ3) is 3.73. The normalized spacial score (nSPS) is 12.5. The van der Waals surface area contributed by atoms with Gasteiger partial charge in [0.15, 0.2) is 0 Å². The van der Waals surface area contributed by atoms with Gasteiger partial charge in [-0.2, -0.15) is 0 Å². The van der Waals surface area contributed by atoms with Crippen molar-refractivity contribution < 1.29 is 4.74 Å². The summed E-state index contributed by atoms with van der Waals surface area (Å²) in [6.45, 7) is 6.26. The van der Waals surface area contributed by atoms with Gasteiger partial charge in [0.25, 0.3) is 0 Å². The van der Waals surface area contributed by atoms with E-state index in [1.54, 1.807) is 0 Å². The Morgan fingerprint density at radius 2 is 1.67 bits per heavy atom. The van der Waals surface area contributed by atoms with Crippen LogP contribution < -0.4 is 9.64 Å². The Balaban J connectivity index is 0.00000218. The van der Waals surface area contributed by atoms with Crippen LogP contribution in [0.1, 0.15) is 22.4 Å². The second-order valence-electron chi connectivity index (χ2n) is 7.72. The zero-order valence-electron chi connectivity index (χ0n) is 17.3. The number of aromatic nitrogens is 1. The molecular formula is C26H25ClN2O. The van der Waals surface area contributed by atoms with Gasteiger partial charge in [-0.3, -0.25) is 4.98 Å². The fourth-order valence-electron chi connectivity index (χ4n) is 4.24. The summed E-state index contributed by atoms with van der Waals surface area (Å²) in [6.07, 6.45) is 1.04. The summed E-state index contributed by atoms with van der Waals surface area (Å²) in [4.78, 5) is 7.37. The first-order valence-corrected chi connectivity index (χ1v) is 10.1. The van der Waals surface area contributed by atoms with E-state index in [1.807, 2.05) is 36.4 Å². The zero-order valence-corrected chi connectivity index (χ0v) is 18.1. The molecule has 0 spiro atoms. The van der Waals surface area contributed by atoms with Gasteiger partial charge in [-0.25, -0.2) is 0 Å². The molecule has 3 aromatic carbocycles. The number of fused-ring (bicyclic) bond motifs is 3. The molecule has 2 heterocycles. The van der Waals surface area contributed by atoms with E-state index < -0.39 is 0 Å². The lowest BCUT2D eigenvalue weighted by molar-refractivity contribution is 0.483. The summed E-state index contributed by atoms with van der Waals surface area (Å²) in [5.74, 6) is 1.69. The highest BCUT2D eigenvalue weighted by Gasteiger charge is 2.25. The predicted molar refractivity (Wildman–Crippen MR) is 126 cm³/mol. The predicted octanol–water partition coefficient (Wildman–Crippen LogP) is 6.63. The summed E-state index contributed by atoms with van der Waals surface area (Å²) in [5.41, 5.74) is 7.55. The molecule has 1 aliphatic rings. The molecule has 0 unspecified atom stereocenters. The molecule has 3 nitrogen and oxygen atoms in total. The van der Waals surface area contributed by atoms with E-state index in [4.69, 9.17) is 9.72 Å². The summed E-state index contributed by atoms with van der Waals surface area (Å²) in [7, 11) is 0. The molecule has 1 aliphatic heterocycles. The monoisotopic (exact) mass is 416 g/mol. The van der Waals surface area contributed by atoms with Crippen molar-refractivity contribution in [2.24, 2.45) is 0 Å². The number of hydrogen-bond donors (Lipinski definition) is 0. The molecule has 1 aromatic heterocycles. The Kier molecular flexibility index (Phi) is 5.65. The Morgan fingerprint density at radius 3 is 2.47 bits per heavy atom. The van der Waals surface area contributed by atoms with Crippen molar-refractivity contribution in [2.45, 2.75) is 26.8 Å². The summed E-state index contributed by atoms with van der Waals surface area (Å²) in [5, 5.41) is 1.17. The molecule has 4 heteroatoms. The van der Waals surface area contributed by atoms with Crippen LogP contribution in [0.25, 0.3) is 10.9 Å². The molecule has 0 saturated heterocycles. The van der Waals surface area contributed by atoms with Crippen molar-refractivity contribution in [1.29, 1.82) is 0 Å².